The lowest BCUT2D eigenvalue weighted by atomic mass is 9.86. The van der Waals surface area contributed by atoms with Crippen LogP contribution in [0.1, 0.15) is 57.2 Å². The van der Waals surface area contributed by atoms with E-state index in [0.29, 0.717) is 24.9 Å². The Morgan fingerprint density at radius 1 is 0.914 bits per heavy atom. The highest BCUT2D eigenvalue weighted by atomic mass is 16.5. The van der Waals surface area contributed by atoms with Gasteiger partial charge in [-0.2, -0.15) is 0 Å². The molecule has 184 valence electrons. The van der Waals surface area contributed by atoms with Crippen molar-refractivity contribution >= 4 is 11.7 Å². The Labute approximate surface area is 208 Å². The van der Waals surface area contributed by atoms with E-state index in [4.69, 9.17) is 14.5 Å². The van der Waals surface area contributed by atoms with Crippen LogP contribution in [0.25, 0.3) is 11.3 Å². The standard InChI is InChI=1S/C29H35N3O3/c1-3-34-24-14-10-22(11-15-24)19-28(33)32-29-26(18-21-8-6-5-7-9-21)31-27(20-30-29)23-12-16-25(17-13-23)35-4-2/h10-17,20-21H,3-9,18-19H2,1-2H3,(H,30,32,33). The molecule has 0 spiro atoms. The fraction of sp³-hybridized carbons (Fsp3) is 0.414. The van der Waals surface area contributed by atoms with Gasteiger partial charge in [-0.05, 0) is 68.1 Å². The summed E-state index contributed by atoms with van der Waals surface area (Å²) in [6.07, 6.45) is 9.08. The summed E-state index contributed by atoms with van der Waals surface area (Å²) in [6.45, 7) is 5.18. The Bertz CT molecular complexity index is 1090. The molecule has 3 aromatic rings. The van der Waals surface area contributed by atoms with Gasteiger partial charge in [0.1, 0.15) is 11.5 Å². The molecule has 1 heterocycles. The van der Waals surface area contributed by atoms with Crippen LogP contribution in [0.4, 0.5) is 5.82 Å². The van der Waals surface area contributed by atoms with E-state index in [1.54, 1.807) is 6.20 Å². The van der Waals surface area contributed by atoms with Crippen LogP contribution in [0.15, 0.2) is 54.7 Å². The van der Waals surface area contributed by atoms with Gasteiger partial charge in [0.2, 0.25) is 5.91 Å². The third-order valence-electron chi connectivity index (χ3n) is 6.37. The monoisotopic (exact) mass is 473 g/mol. The minimum absolute atomic E-state index is 0.0952. The molecule has 0 atom stereocenters. The molecule has 1 aliphatic rings. The van der Waals surface area contributed by atoms with E-state index in [-0.39, 0.29) is 12.3 Å². The van der Waals surface area contributed by atoms with Gasteiger partial charge in [0.05, 0.1) is 37.2 Å². The lowest BCUT2D eigenvalue weighted by Gasteiger charge is -2.22. The molecule has 6 heteroatoms. The van der Waals surface area contributed by atoms with Gasteiger partial charge in [-0.3, -0.25) is 4.79 Å². The molecule has 1 aromatic heterocycles. The molecule has 0 aliphatic heterocycles. The number of benzene rings is 2. The number of rotatable bonds is 10. The predicted molar refractivity (Wildman–Crippen MR) is 139 cm³/mol. The van der Waals surface area contributed by atoms with E-state index in [9.17, 15) is 4.79 Å². The van der Waals surface area contributed by atoms with E-state index >= 15 is 0 Å². The molecule has 4 rings (SSSR count). The maximum absolute atomic E-state index is 12.9. The van der Waals surface area contributed by atoms with Crippen LogP contribution in [-0.4, -0.2) is 29.1 Å². The molecule has 1 amide bonds. The molecule has 0 bridgehead atoms. The van der Waals surface area contributed by atoms with Gasteiger partial charge >= 0.3 is 0 Å². The van der Waals surface area contributed by atoms with E-state index in [1.165, 1.54) is 32.1 Å². The zero-order chi connectivity index (χ0) is 24.5. The first-order valence-electron chi connectivity index (χ1n) is 12.7. The summed E-state index contributed by atoms with van der Waals surface area (Å²) in [5.41, 5.74) is 3.59. The normalized spacial score (nSPS) is 13.9. The second-order valence-electron chi connectivity index (χ2n) is 9.02. The first-order valence-corrected chi connectivity index (χ1v) is 12.7. The summed E-state index contributed by atoms with van der Waals surface area (Å²) in [5.74, 6) is 2.70. The Hall–Kier alpha value is -3.41. The number of hydrogen-bond acceptors (Lipinski definition) is 5. The largest absolute Gasteiger partial charge is 0.494 e. The summed E-state index contributed by atoms with van der Waals surface area (Å²) >= 11 is 0. The maximum Gasteiger partial charge on any atom is 0.229 e. The SMILES string of the molecule is CCOc1ccc(CC(=O)Nc2ncc(-c3ccc(OCC)cc3)nc2CC2CCCCC2)cc1. The zero-order valence-corrected chi connectivity index (χ0v) is 20.8. The lowest BCUT2D eigenvalue weighted by Crippen LogP contribution is -2.19. The van der Waals surface area contributed by atoms with Crippen LogP contribution in [0.3, 0.4) is 0 Å². The van der Waals surface area contributed by atoms with Crippen molar-refractivity contribution < 1.29 is 14.3 Å². The van der Waals surface area contributed by atoms with Crippen LogP contribution in [0.2, 0.25) is 0 Å². The van der Waals surface area contributed by atoms with Crippen LogP contribution in [0.5, 0.6) is 11.5 Å². The van der Waals surface area contributed by atoms with Crippen molar-refractivity contribution in [1.29, 1.82) is 0 Å². The van der Waals surface area contributed by atoms with Gasteiger partial charge in [0.15, 0.2) is 5.82 Å². The van der Waals surface area contributed by atoms with Gasteiger partial charge in [0, 0.05) is 5.56 Å². The molecular weight excluding hydrogens is 438 g/mol. The highest BCUT2D eigenvalue weighted by molar-refractivity contribution is 5.92. The van der Waals surface area contributed by atoms with Gasteiger partial charge in [0.25, 0.3) is 0 Å². The molecule has 1 saturated carbocycles. The predicted octanol–water partition coefficient (Wildman–Crippen LogP) is 6.25. The van der Waals surface area contributed by atoms with E-state index < -0.39 is 0 Å². The first kappa shape index (κ1) is 24.7. The fourth-order valence-corrected chi connectivity index (χ4v) is 4.60. The Morgan fingerprint density at radius 3 is 2.17 bits per heavy atom. The molecular formula is C29H35N3O3. The zero-order valence-electron chi connectivity index (χ0n) is 20.8. The average molecular weight is 474 g/mol. The van der Waals surface area contributed by atoms with Crippen molar-refractivity contribution in [1.82, 2.24) is 9.97 Å². The van der Waals surface area contributed by atoms with Crippen molar-refractivity contribution in [2.24, 2.45) is 5.92 Å². The van der Waals surface area contributed by atoms with Crippen molar-refractivity contribution in [3.8, 4) is 22.8 Å². The second-order valence-corrected chi connectivity index (χ2v) is 9.02. The third kappa shape index (κ3) is 7.04. The molecule has 2 aromatic carbocycles. The number of aromatic nitrogens is 2. The Kier molecular flexibility index (Phi) is 8.71. The topological polar surface area (TPSA) is 73.3 Å². The summed E-state index contributed by atoms with van der Waals surface area (Å²) < 4.78 is 11.1. The number of carbonyl (C=O) groups is 1. The second kappa shape index (κ2) is 12.3. The average Bonchev–Trinajstić information content (AvgIpc) is 2.88. The summed E-state index contributed by atoms with van der Waals surface area (Å²) in [7, 11) is 0. The van der Waals surface area contributed by atoms with Gasteiger partial charge in [-0.25, -0.2) is 9.97 Å². The van der Waals surface area contributed by atoms with E-state index in [1.807, 2.05) is 62.4 Å². The quantitative estimate of drug-likeness (QED) is 0.377. The minimum atomic E-state index is -0.0952. The number of nitrogens with one attached hydrogen (secondary N) is 1. The van der Waals surface area contributed by atoms with Crippen LogP contribution in [-0.2, 0) is 17.6 Å². The minimum Gasteiger partial charge on any atom is -0.494 e. The summed E-state index contributed by atoms with van der Waals surface area (Å²) in [4.78, 5) is 22.5. The highest BCUT2D eigenvalue weighted by Gasteiger charge is 2.19. The highest BCUT2D eigenvalue weighted by Crippen LogP contribution is 2.30. The molecule has 1 aliphatic carbocycles. The summed E-state index contributed by atoms with van der Waals surface area (Å²) in [5, 5.41) is 3.03. The van der Waals surface area contributed by atoms with Crippen LogP contribution >= 0.6 is 0 Å². The third-order valence-corrected chi connectivity index (χ3v) is 6.37. The van der Waals surface area contributed by atoms with Crippen molar-refractivity contribution in [2.45, 2.75) is 58.8 Å². The molecule has 35 heavy (non-hydrogen) atoms. The number of amides is 1. The number of anilines is 1. The van der Waals surface area contributed by atoms with Crippen molar-refractivity contribution in [3.05, 3.63) is 66.0 Å². The molecule has 1 fully saturated rings. The number of hydrogen-bond donors (Lipinski definition) is 1. The van der Waals surface area contributed by atoms with Crippen molar-refractivity contribution in [3.63, 3.8) is 0 Å². The maximum atomic E-state index is 12.9. The van der Waals surface area contributed by atoms with Gasteiger partial charge in [-0.1, -0.05) is 44.2 Å². The van der Waals surface area contributed by atoms with Crippen LogP contribution in [0, 0.1) is 5.92 Å². The van der Waals surface area contributed by atoms with E-state index in [2.05, 4.69) is 10.3 Å². The van der Waals surface area contributed by atoms with Gasteiger partial charge in [-0.15, -0.1) is 0 Å². The summed E-state index contributed by atoms with van der Waals surface area (Å²) in [6, 6.07) is 15.6. The molecule has 0 unspecified atom stereocenters. The number of carbonyl (C=O) groups excluding carboxylic acids is 1. The fourth-order valence-electron chi connectivity index (χ4n) is 4.60. The van der Waals surface area contributed by atoms with Crippen molar-refractivity contribution in [2.75, 3.05) is 18.5 Å². The first-order chi connectivity index (χ1) is 17.1. The molecule has 0 radical (unpaired) electrons. The Morgan fingerprint density at radius 2 is 1.54 bits per heavy atom. The number of ether oxygens (including phenoxy) is 2. The number of nitrogens with zero attached hydrogens (tertiary/aromatic N) is 2. The molecule has 6 nitrogen and oxygen atoms in total. The van der Waals surface area contributed by atoms with Crippen LogP contribution < -0.4 is 14.8 Å². The Balaban J connectivity index is 1.51. The van der Waals surface area contributed by atoms with Gasteiger partial charge < -0.3 is 14.8 Å². The smallest absolute Gasteiger partial charge is 0.229 e. The molecule has 0 saturated heterocycles. The lowest BCUT2D eigenvalue weighted by molar-refractivity contribution is -0.115. The molecule has 1 N–H and O–H groups in total. The van der Waals surface area contributed by atoms with E-state index in [0.717, 1.165) is 40.4 Å².